The smallest absolute Gasteiger partial charge is 0.333 e. The van der Waals surface area contributed by atoms with Gasteiger partial charge in [0.05, 0.1) is 5.54 Å². The van der Waals surface area contributed by atoms with E-state index in [0.717, 1.165) is 0 Å². The second kappa shape index (κ2) is 10.1. The molecule has 1 saturated carbocycles. The summed E-state index contributed by atoms with van der Waals surface area (Å²) in [4.78, 5) is 5.60. The van der Waals surface area contributed by atoms with E-state index in [9.17, 15) is 0 Å². The van der Waals surface area contributed by atoms with Crippen LogP contribution in [-0.4, -0.2) is 12.4 Å². The second-order valence-corrected chi connectivity index (χ2v) is 18.6. The van der Waals surface area contributed by atoms with Gasteiger partial charge in [-0.25, -0.2) is 0 Å². The van der Waals surface area contributed by atoms with Crippen molar-refractivity contribution in [3.8, 4) is 11.1 Å². The van der Waals surface area contributed by atoms with Gasteiger partial charge in [0.2, 0.25) is 0 Å². The Hall–Kier alpha value is -4.50. The maximum absolute atomic E-state index is 2.87. The van der Waals surface area contributed by atoms with Crippen LogP contribution in [0.25, 0.3) is 32.7 Å². The third kappa shape index (κ3) is 4.07. The maximum Gasteiger partial charge on any atom is 0.333 e. The van der Waals surface area contributed by atoms with E-state index >= 15 is 0 Å². The minimum atomic E-state index is -0.0110. The van der Waals surface area contributed by atoms with E-state index in [1.807, 2.05) is 0 Å². The van der Waals surface area contributed by atoms with Gasteiger partial charge in [0.1, 0.15) is 0 Å². The first-order chi connectivity index (χ1) is 24.3. The number of rotatable bonds is 1. The maximum atomic E-state index is 2.87. The van der Waals surface area contributed by atoms with Crippen LogP contribution in [0.3, 0.4) is 0 Å². The SMILES string of the molecule is CC(C)(C)c1ccc(N2B3c4cc(C(C)(C)C)cc5c4N(c4cc6ccccc6c(c43)-c3cc4ccccc4cc32)C2(C)CCCCC52C)cc1. The van der Waals surface area contributed by atoms with Crippen LogP contribution in [0.15, 0.2) is 103 Å². The highest BCUT2D eigenvalue weighted by Crippen LogP contribution is 2.63. The zero-order valence-electron chi connectivity index (χ0n) is 31.6. The van der Waals surface area contributed by atoms with Crippen molar-refractivity contribution in [3.63, 3.8) is 0 Å². The minimum Gasteiger partial charge on any atom is -0.376 e. The Labute approximate surface area is 304 Å². The van der Waals surface area contributed by atoms with Gasteiger partial charge >= 0.3 is 6.85 Å². The van der Waals surface area contributed by atoms with Crippen LogP contribution in [0, 0.1) is 0 Å². The molecule has 254 valence electrons. The molecule has 0 N–H and O–H groups in total. The fraction of sp³-hybridized carbons (Fsp3) is 0.333. The zero-order chi connectivity index (χ0) is 35.2. The number of hydrogen-bond donors (Lipinski definition) is 0. The molecule has 51 heavy (non-hydrogen) atoms. The molecular weight excluding hydrogens is 615 g/mol. The van der Waals surface area contributed by atoms with Crippen molar-refractivity contribution in [2.45, 2.75) is 103 Å². The van der Waals surface area contributed by atoms with E-state index in [-0.39, 0.29) is 28.6 Å². The van der Waals surface area contributed by atoms with Crippen molar-refractivity contribution in [3.05, 3.63) is 120 Å². The van der Waals surface area contributed by atoms with Crippen molar-refractivity contribution in [2.75, 3.05) is 9.71 Å². The van der Waals surface area contributed by atoms with E-state index in [0.29, 0.717) is 0 Å². The molecule has 1 aliphatic carbocycles. The molecule has 0 spiro atoms. The molecular formula is C48H49BN2. The summed E-state index contributed by atoms with van der Waals surface area (Å²) in [6.07, 6.45) is 4.99. The molecule has 0 amide bonds. The number of hydrogen-bond acceptors (Lipinski definition) is 2. The van der Waals surface area contributed by atoms with Crippen molar-refractivity contribution in [1.82, 2.24) is 0 Å². The molecule has 0 bridgehead atoms. The third-order valence-corrected chi connectivity index (χ3v) is 13.6. The Morgan fingerprint density at radius 2 is 1.25 bits per heavy atom. The van der Waals surface area contributed by atoms with E-state index in [1.54, 1.807) is 5.56 Å². The minimum absolute atomic E-state index is 0.0110. The standard InChI is InChI=1S/C48H49BN2/c1-45(2,3)33-19-21-35(22-20-33)51-40-26-31-16-10-9-15-30(31)25-37(40)42-36-18-12-11-17-32(36)27-41-43(42)49(51)39-29-34(46(4,5)6)28-38-44(39)50(41)48(8)24-14-13-23-47(38,48)7/h9-12,15-22,25-29H,13-14,23-24H2,1-8H3. The predicted octanol–water partition coefficient (Wildman–Crippen LogP) is 11.6. The predicted molar refractivity (Wildman–Crippen MR) is 221 cm³/mol. The Bertz CT molecular complexity index is 2440. The van der Waals surface area contributed by atoms with E-state index in [1.165, 1.54) is 103 Å². The number of anilines is 4. The van der Waals surface area contributed by atoms with Crippen LogP contribution >= 0.6 is 0 Å². The van der Waals surface area contributed by atoms with Crippen LogP contribution in [0.4, 0.5) is 22.7 Å². The summed E-state index contributed by atoms with van der Waals surface area (Å²) in [5, 5.41) is 5.26. The average Bonchev–Trinajstić information content (AvgIpc) is 3.32. The summed E-state index contributed by atoms with van der Waals surface area (Å²) < 4.78 is 0. The molecule has 2 nitrogen and oxygen atoms in total. The summed E-state index contributed by atoms with van der Waals surface area (Å²) in [6, 6.07) is 40.4. The fourth-order valence-electron chi connectivity index (χ4n) is 10.6. The lowest BCUT2D eigenvalue weighted by Crippen LogP contribution is -2.64. The Morgan fingerprint density at radius 1 is 0.627 bits per heavy atom. The molecule has 0 saturated heterocycles. The van der Waals surface area contributed by atoms with Gasteiger partial charge in [-0.3, -0.25) is 0 Å². The molecule has 0 radical (unpaired) electrons. The first-order valence-electron chi connectivity index (χ1n) is 19.3. The van der Waals surface area contributed by atoms with Crippen LogP contribution < -0.4 is 20.6 Å². The first kappa shape index (κ1) is 31.3. The van der Waals surface area contributed by atoms with Gasteiger partial charge in [-0.15, -0.1) is 0 Å². The van der Waals surface area contributed by atoms with Crippen molar-refractivity contribution in [1.29, 1.82) is 0 Å². The quantitative estimate of drug-likeness (QED) is 0.161. The molecule has 10 rings (SSSR count). The molecule has 4 aliphatic rings. The molecule has 1 fully saturated rings. The highest BCUT2D eigenvalue weighted by atomic mass is 15.3. The van der Waals surface area contributed by atoms with Crippen LogP contribution in [0.2, 0.25) is 0 Å². The molecule has 2 unspecified atom stereocenters. The van der Waals surface area contributed by atoms with Gasteiger partial charge in [0, 0.05) is 33.7 Å². The fourth-order valence-corrected chi connectivity index (χ4v) is 10.6. The zero-order valence-corrected chi connectivity index (χ0v) is 31.6. The molecule has 3 heterocycles. The van der Waals surface area contributed by atoms with Crippen molar-refractivity contribution >= 4 is 62.1 Å². The highest BCUT2D eigenvalue weighted by molar-refractivity contribution is 6.94. The number of fused-ring (bicyclic) bond motifs is 10. The molecule has 0 aromatic heterocycles. The lowest BCUT2D eigenvalue weighted by atomic mass is 9.42. The van der Waals surface area contributed by atoms with Gasteiger partial charge < -0.3 is 9.71 Å². The monoisotopic (exact) mass is 664 g/mol. The number of nitrogens with zero attached hydrogens (tertiary/aromatic N) is 2. The van der Waals surface area contributed by atoms with E-state index in [2.05, 4.69) is 168 Å². The molecule has 6 aromatic carbocycles. The molecule has 3 aliphatic heterocycles. The third-order valence-electron chi connectivity index (χ3n) is 13.6. The summed E-state index contributed by atoms with van der Waals surface area (Å²) in [5.74, 6) is 0. The van der Waals surface area contributed by atoms with Crippen LogP contribution in [0.1, 0.15) is 97.8 Å². The van der Waals surface area contributed by atoms with Gasteiger partial charge in [0.15, 0.2) is 0 Å². The second-order valence-electron chi connectivity index (χ2n) is 18.6. The largest absolute Gasteiger partial charge is 0.376 e. The summed E-state index contributed by atoms with van der Waals surface area (Å²) in [5.41, 5.74) is 15.7. The van der Waals surface area contributed by atoms with Gasteiger partial charge in [-0.05, 0) is 116 Å². The van der Waals surface area contributed by atoms with Crippen LogP contribution in [0.5, 0.6) is 0 Å². The van der Waals surface area contributed by atoms with E-state index < -0.39 is 0 Å². The highest BCUT2D eigenvalue weighted by Gasteiger charge is 2.62. The van der Waals surface area contributed by atoms with Crippen LogP contribution in [-0.2, 0) is 16.2 Å². The molecule has 3 heteroatoms. The topological polar surface area (TPSA) is 6.48 Å². The van der Waals surface area contributed by atoms with Crippen molar-refractivity contribution in [2.24, 2.45) is 0 Å². The first-order valence-corrected chi connectivity index (χ1v) is 19.3. The number of benzene rings is 6. The molecule has 2 atom stereocenters. The van der Waals surface area contributed by atoms with Crippen molar-refractivity contribution < 1.29 is 0 Å². The van der Waals surface area contributed by atoms with Gasteiger partial charge in [-0.1, -0.05) is 134 Å². The van der Waals surface area contributed by atoms with E-state index in [4.69, 9.17) is 0 Å². The average molecular weight is 665 g/mol. The van der Waals surface area contributed by atoms with Gasteiger partial charge in [-0.2, -0.15) is 0 Å². The Kier molecular flexibility index (Phi) is 6.19. The lowest BCUT2D eigenvalue weighted by molar-refractivity contribution is 0.195. The van der Waals surface area contributed by atoms with Gasteiger partial charge in [0.25, 0.3) is 0 Å². The Morgan fingerprint density at radius 3 is 1.96 bits per heavy atom. The molecule has 6 aromatic rings. The lowest BCUT2D eigenvalue weighted by Gasteiger charge is -2.53. The Balaban J connectivity index is 1.39. The normalized spacial score (nSPS) is 21.8. The summed E-state index contributed by atoms with van der Waals surface area (Å²) in [7, 11) is 0. The summed E-state index contributed by atoms with van der Waals surface area (Å²) >= 11 is 0. The summed E-state index contributed by atoms with van der Waals surface area (Å²) in [6.45, 7) is 19.4.